The predicted octanol–water partition coefficient (Wildman–Crippen LogP) is 1.40. The molecule has 0 radical (unpaired) electrons. The van der Waals surface area contributed by atoms with E-state index in [0.717, 1.165) is 13.0 Å². The molecule has 0 bridgehead atoms. The van der Waals surface area contributed by atoms with Crippen molar-refractivity contribution in [3.05, 3.63) is 0 Å². The highest BCUT2D eigenvalue weighted by molar-refractivity contribution is 7.89. The van der Waals surface area contributed by atoms with Crippen molar-refractivity contribution in [2.45, 2.75) is 52.2 Å². The summed E-state index contributed by atoms with van der Waals surface area (Å²) in [6.07, 6.45) is 2.20. The first-order valence-electron chi connectivity index (χ1n) is 8.57. The van der Waals surface area contributed by atoms with Crippen LogP contribution in [0.1, 0.15) is 40.0 Å². The Balaban J connectivity index is 1.54. The van der Waals surface area contributed by atoms with Gasteiger partial charge in [0.1, 0.15) is 6.10 Å². The number of ether oxygens (including phenoxy) is 2. The highest BCUT2D eigenvalue weighted by Crippen LogP contribution is 2.54. The Morgan fingerprint density at radius 2 is 1.91 bits per heavy atom. The molecule has 0 unspecified atom stereocenters. The highest BCUT2D eigenvalue weighted by Gasteiger charge is 2.61. The van der Waals surface area contributed by atoms with E-state index in [1.54, 1.807) is 6.92 Å². The quantitative estimate of drug-likeness (QED) is 0.720. The maximum atomic E-state index is 12.5. The number of sulfonamides is 1. The van der Waals surface area contributed by atoms with Gasteiger partial charge in [0.2, 0.25) is 10.0 Å². The van der Waals surface area contributed by atoms with E-state index in [1.165, 1.54) is 4.31 Å². The second-order valence-corrected chi connectivity index (χ2v) is 9.75. The Bertz CT molecular complexity index is 565. The van der Waals surface area contributed by atoms with Crippen LogP contribution in [0.2, 0.25) is 0 Å². The lowest BCUT2D eigenvalue weighted by Crippen LogP contribution is -2.61. The molecule has 0 N–H and O–H groups in total. The Morgan fingerprint density at radius 1 is 1.26 bits per heavy atom. The van der Waals surface area contributed by atoms with E-state index in [4.69, 9.17) is 9.47 Å². The van der Waals surface area contributed by atoms with Crippen LogP contribution in [-0.4, -0.2) is 56.3 Å². The third kappa shape index (κ3) is 2.91. The topological polar surface area (TPSA) is 72.9 Å². The molecule has 1 aliphatic carbocycles. The van der Waals surface area contributed by atoms with Gasteiger partial charge in [0.15, 0.2) is 0 Å². The molecule has 3 atom stereocenters. The molecule has 0 spiro atoms. The molecule has 2 saturated heterocycles. The van der Waals surface area contributed by atoms with E-state index in [0.29, 0.717) is 31.8 Å². The Morgan fingerprint density at radius 3 is 2.52 bits per heavy atom. The van der Waals surface area contributed by atoms with E-state index in [9.17, 15) is 13.2 Å². The first-order valence-corrected chi connectivity index (χ1v) is 10.2. The van der Waals surface area contributed by atoms with Gasteiger partial charge in [-0.15, -0.1) is 0 Å². The largest absolute Gasteiger partial charge is 0.461 e. The molecule has 0 aromatic rings. The highest BCUT2D eigenvalue weighted by atomic mass is 32.2. The summed E-state index contributed by atoms with van der Waals surface area (Å²) in [6.45, 7) is 7.41. The summed E-state index contributed by atoms with van der Waals surface area (Å²) in [6, 6.07) is 0. The molecule has 3 aliphatic rings. The minimum Gasteiger partial charge on any atom is -0.461 e. The van der Waals surface area contributed by atoms with Crippen molar-refractivity contribution < 1.29 is 22.7 Å². The number of esters is 1. The van der Waals surface area contributed by atoms with Crippen molar-refractivity contribution >= 4 is 16.0 Å². The average molecular weight is 345 g/mol. The molecule has 3 fully saturated rings. The smallest absolute Gasteiger partial charge is 0.309 e. The van der Waals surface area contributed by atoms with Crippen LogP contribution < -0.4 is 0 Å². The molecule has 1 saturated carbocycles. The van der Waals surface area contributed by atoms with Gasteiger partial charge in [-0.25, -0.2) is 12.7 Å². The van der Waals surface area contributed by atoms with E-state index < -0.39 is 10.0 Å². The number of hydrogen-bond acceptors (Lipinski definition) is 5. The van der Waals surface area contributed by atoms with Crippen LogP contribution in [-0.2, 0) is 24.3 Å². The summed E-state index contributed by atoms with van der Waals surface area (Å²) in [5.41, 5.74) is -0.122. The molecule has 132 valence electrons. The second-order valence-electron chi connectivity index (χ2n) is 7.50. The van der Waals surface area contributed by atoms with E-state index >= 15 is 0 Å². The van der Waals surface area contributed by atoms with Gasteiger partial charge in [-0.05, 0) is 26.2 Å². The van der Waals surface area contributed by atoms with Gasteiger partial charge in [0.25, 0.3) is 0 Å². The molecular weight excluding hydrogens is 318 g/mol. The number of carbonyl (C=O) groups excluding carboxylic acids is 1. The minimum absolute atomic E-state index is 0.0695. The van der Waals surface area contributed by atoms with Crippen LogP contribution in [0.5, 0.6) is 0 Å². The van der Waals surface area contributed by atoms with Crippen molar-refractivity contribution in [2.24, 2.45) is 17.3 Å². The lowest BCUT2D eigenvalue weighted by Gasteiger charge is -2.53. The molecule has 0 aromatic heterocycles. The van der Waals surface area contributed by atoms with Gasteiger partial charge < -0.3 is 9.47 Å². The maximum Gasteiger partial charge on any atom is 0.309 e. The van der Waals surface area contributed by atoms with Crippen LogP contribution in [0, 0.1) is 17.3 Å². The van der Waals surface area contributed by atoms with Crippen LogP contribution in [0.4, 0.5) is 0 Å². The lowest BCUT2D eigenvalue weighted by atomic mass is 9.59. The Labute approximate surface area is 138 Å². The van der Waals surface area contributed by atoms with Gasteiger partial charge in [-0.3, -0.25) is 4.79 Å². The zero-order valence-corrected chi connectivity index (χ0v) is 15.0. The number of carbonyl (C=O) groups is 1. The Hall–Kier alpha value is -0.660. The number of hydrogen-bond donors (Lipinski definition) is 0. The fourth-order valence-corrected chi connectivity index (χ4v) is 5.42. The summed E-state index contributed by atoms with van der Waals surface area (Å²) in [5.74, 6) is 0.0912. The number of rotatable bonds is 4. The molecule has 7 heteroatoms. The summed E-state index contributed by atoms with van der Waals surface area (Å²) in [5, 5.41) is 0. The molecule has 0 aromatic carbocycles. The van der Waals surface area contributed by atoms with E-state index in [-0.39, 0.29) is 35.3 Å². The van der Waals surface area contributed by atoms with Gasteiger partial charge in [-0.2, -0.15) is 0 Å². The van der Waals surface area contributed by atoms with Crippen molar-refractivity contribution in [2.75, 3.05) is 25.4 Å². The Kier molecular flexibility index (Phi) is 4.48. The lowest BCUT2D eigenvalue weighted by molar-refractivity contribution is -0.213. The fourth-order valence-electron chi connectivity index (χ4n) is 4.29. The molecule has 6 nitrogen and oxygen atoms in total. The van der Waals surface area contributed by atoms with Gasteiger partial charge in [0.05, 0.1) is 17.8 Å². The van der Waals surface area contributed by atoms with Gasteiger partial charge in [-0.1, -0.05) is 13.8 Å². The van der Waals surface area contributed by atoms with Crippen molar-refractivity contribution in [3.63, 3.8) is 0 Å². The molecule has 0 amide bonds. The van der Waals surface area contributed by atoms with Gasteiger partial charge >= 0.3 is 5.97 Å². The molecule has 2 heterocycles. The number of fused-ring (bicyclic) bond motifs is 1. The van der Waals surface area contributed by atoms with Crippen LogP contribution in [0.15, 0.2) is 0 Å². The average Bonchev–Trinajstić information content (AvgIpc) is 2.99. The first kappa shape index (κ1) is 17.2. The summed E-state index contributed by atoms with van der Waals surface area (Å²) < 4.78 is 36.8. The second kappa shape index (κ2) is 6.01. The van der Waals surface area contributed by atoms with E-state index in [2.05, 4.69) is 13.8 Å². The third-order valence-electron chi connectivity index (χ3n) is 5.78. The fraction of sp³-hybridized carbons (Fsp3) is 0.938. The summed E-state index contributed by atoms with van der Waals surface area (Å²) in [4.78, 5) is 12.5. The third-order valence-corrected chi connectivity index (χ3v) is 7.66. The van der Waals surface area contributed by atoms with Crippen molar-refractivity contribution in [1.29, 1.82) is 0 Å². The van der Waals surface area contributed by atoms with E-state index in [1.807, 2.05) is 0 Å². The van der Waals surface area contributed by atoms with Crippen LogP contribution in [0.25, 0.3) is 0 Å². The molecular formula is C16H27NO5S. The molecule has 2 aliphatic heterocycles. The zero-order chi connectivity index (χ0) is 16.8. The SMILES string of the molecule is CCS(=O)(=O)N1CCC(C(=O)O[C@@H]2[C@H]3CCO[C@@H]3C2(C)C)CC1. The van der Waals surface area contributed by atoms with Crippen molar-refractivity contribution in [3.8, 4) is 0 Å². The number of piperidine rings is 1. The van der Waals surface area contributed by atoms with Crippen LogP contribution in [0.3, 0.4) is 0 Å². The maximum absolute atomic E-state index is 12.5. The normalized spacial score (nSPS) is 34.7. The van der Waals surface area contributed by atoms with Crippen molar-refractivity contribution in [1.82, 2.24) is 4.31 Å². The zero-order valence-electron chi connectivity index (χ0n) is 14.2. The predicted molar refractivity (Wildman–Crippen MR) is 85.3 cm³/mol. The minimum atomic E-state index is -3.15. The monoisotopic (exact) mass is 345 g/mol. The first-order chi connectivity index (χ1) is 10.8. The summed E-state index contributed by atoms with van der Waals surface area (Å²) >= 11 is 0. The molecule has 23 heavy (non-hydrogen) atoms. The van der Waals surface area contributed by atoms with Crippen LogP contribution >= 0.6 is 0 Å². The summed E-state index contributed by atoms with van der Waals surface area (Å²) in [7, 11) is -3.15. The number of nitrogens with zero attached hydrogens (tertiary/aromatic N) is 1. The standard InChI is InChI=1S/C16H27NO5S/c1-4-23(19,20)17-8-5-11(6-9-17)15(18)22-14-12-7-10-21-13(12)16(14,2)3/h11-14H,4-10H2,1-3H3/t12-,13-,14+/m0/s1. The van der Waals surface area contributed by atoms with Gasteiger partial charge in [0, 0.05) is 31.0 Å². The molecule has 3 rings (SSSR count).